The van der Waals surface area contributed by atoms with Crippen LogP contribution in [-0.4, -0.2) is 11.0 Å². The van der Waals surface area contributed by atoms with Gasteiger partial charge in [0.25, 0.3) is 5.91 Å². The first kappa shape index (κ1) is 13.0. The van der Waals surface area contributed by atoms with E-state index in [9.17, 15) is 9.90 Å². The predicted molar refractivity (Wildman–Crippen MR) is 76.4 cm³/mol. The highest BCUT2D eigenvalue weighted by Gasteiger charge is 2.12. The van der Waals surface area contributed by atoms with E-state index in [4.69, 9.17) is 5.73 Å². The summed E-state index contributed by atoms with van der Waals surface area (Å²) in [4.78, 5) is 12.2. The molecular formula is C15H16N2O2. The minimum atomic E-state index is -0.238. The molecule has 0 aliphatic heterocycles. The number of nitrogen functional groups attached to an aromatic ring is 1. The standard InChI is InChI=1S/C15H16N2O2/c1-9-4-3-5-13(16)14(9)17-15(19)12-7-6-11(18)8-10(12)2/h3-8,18H,16H2,1-2H3,(H,17,19). The topological polar surface area (TPSA) is 75.3 Å². The summed E-state index contributed by atoms with van der Waals surface area (Å²) in [5.74, 6) is -0.0945. The van der Waals surface area contributed by atoms with Crippen LogP contribution in [0.15, 0.2) is 36.4 Å². The SMILES string of the molecule is Cc1cc(O)ccc1C(=O)Nc1c(C)cccc1N. The molecule has 19 heavy (non-hydrogen) atoms. The first-order valence-electron chi connectivity index (χ1n) is 5.95. The molecule has 0 fully saturated rings. The van der Waals surface area contributed by atoms with Gasteiger partial charge in [0.05, 0.1) is 11.4 Å². The van der Waals surface area contributed by atoms with Gasteiger partial charge >= 0.3 is 0 Å². The van der Waals surface area contributed by atoms with Crippen LogP contribution in [0.25, 0.3) is 0 Å². The van der Waals surface area contributed by atoms with Crippen molar-refractivity contribution >= 4 is 17.3 Å². The van der Waals surface area contributed by atoms with Crippen molar-refractivity contribution in [3.8, 4) is 5.75 Å². The van der Waals surface area contributed by atoms with Crippen LogP contribution in [0.5, 0.6) is 5.75 Å². The molecule has 0 unspecified atom stereocenters. The third-order valence-corrected chi connectivity index (χ3v) is 3.00. The number of nitrogens with two attached hydrogens (primary N) is 1. The van der Waals surface area contributed by atoms with Gasteiger partial charge in [-0.25, -0.2) is 0 Å². The van der Waals surface area contributed by atoms with E-state index in [2.05, 4.69) is 5.32 Å². The molecule has 0 saturated carbocycles. The quantitative estimate of drug-likeness (QED) is 0.723. The number of phenolic OH excluding ortho intramolecular Hbond substituents is 1. The van der Waals surface area contributed by atoms with Crippen molar-refractivity contribution in [3.63, 3.8) is 0 Å². The number of amides is 1. The van der Waals surface area contributed by atoms with Crippen molar-refractivity contribution in [2.45, 2.75) is 13.8 Å². The van der Waals surface area contributed by atoms with Crippen molar-refractivity contribution in [1.82, 2.24) is 0 Å². The fraction of sp³-hybridized carbons (Fsp3) is 0.133. The summed E-state index contributed by atoms with van der Waals surface area (Å²) in [6.45, 7) is 3.66. The summed E-state index contributed by atoms with van der Waals surface area (Å²) < 4.78 is 0. The molecule has 98 valence electrons. The maximum Gasteiger partial charge on any atom is 0.255 e. The average Bonchev–Trinajstić information content (AvgIpc) is 2.33. The van der Waals surface area contributed by atoms with Crippen molar-refractivity contribution in [1.29, 1.82) is 0 Å². The molecule has 0 spiro atoms. The van der Waals surface area contributed by atoms with Crippen molar-refractivity contribution < 1.29 is 9.90 Å². The number of nitrogens with one attached hydrogen (secondary N) is 1. The van der Waals surface area contributed by atoms with Gasteiger partial charge in [0, 0.05) is 5.56 Å². The molecule has 0 atom stereocenters. The molecule has 1 amide bonds. The number of carbonyl (C=O) groups is 1. The Morgan fingerprint density at radius 1 is 1.16 bits per heavy atom. The summed E-state index contributed by atoms with van der Waals surface area (Å²) in [6, 6.07) is 10.1. The number of hydrogen-bond donors (Lipinski definition) is 3. The largest absolute Gasteiger partial charge is 0.508 e. The van der Waals surface area contributed by atoms with Gasteiger partial charge in [0.2, 0.25) is 0 Å². The van der Waals surface area contributed by atoms with Crippen molar-refractivity contribution in [3.05, 3.63) is 53.1 Å². The number of carbonyl (C=O) groups excluding carboxylic acids is 1. The third-order valence-electron chi connectivity index (χ3n) is 3.00. The summed E-state index contributed by atoms with van der Waals surface area (Å²) in [6.07, 6.45) is 0. The Morgan fingerprint density at radius 2 is 1.89 bits per heavy atom. The Bertz CT molecular complexity index is 616. The first-order valence-corrected chi connectivity index (χ1v) is 5.95. The zero-order valence-corrected chi connectivity index (χ0v) is 10.9. The van der Waals surface area contributed by atoms with Crippen LogP contribution >= 0.6 is 0 Å². The lowest BCUT2D eigenvalue weighted by Crippen LogP contribution is -2.15. The number of rotatable bonds is 2. The monoisotopic (exact) mass is 256 g/mol. The Balaban J connectivity index is 2.31. The van der Waals surface area contributed by atoms with Gasteiger partial charge < -0.3 is 16.2 Å². The third kappa shape index (κ3) is 2.68. The van der Waals surface area contributed by atoms with E-state index >= 15 is 0 Å². The number of para-hydroxylation sites is 1. The van der Waals surface area contributed by atoms with Crippen LogP contribution in [0, 0.1) is 13.8 Å². The second kappa shape index (κ2) is 5.02. The summed E-state index contributed by atoms with van der Waals surface area (Å²) in [5.41, 5.74) is 9.15. The Labute approximate surface area is 111 Å². The minimum Gasteiger partial charge on any atom is -0.508 e. The summed E-state index contributed by atoms with van der Waals surface area (Å²) >= 11 is 0. The average molecular weight is 256 g/mol. The molecule has 4 N–H and O–H groups in total. The molecule has 0 saturated heterocycles. The number of aromatic hydroxyl groups is 1. The van der Waals surface area contributed by atoms with E-state index in [1.54, 1.807) is 25.1 Å². The highest BCUT2D eigenvalue weighted by Crippen LogP contribution is 2.24. The van der Waals surface area contributed by atoms with E-state index in [1.165, 1.54) is 6.07 Å². The molecule has 4 heteroatoms. The zero-order valence-electron chi connectivity index (χ0n) is 10.9. The molecule has 0 heterocycles. The highest BCUT2D eigenvalue weighted by molar-refractivity contribution is 6.07. The fourth-order valence-electron chi connectivity index (χ4n) is 1.94. The minimum absolute atomic E-state index is 0.143. The van der Waals surface area contributed by atoms with Crippen LogP contribution in [0.4, 0.5) is 11.4 Å². The first-order chi connectivity index (χ1) is 8.99. The number of phenols is 1. The maximum absolute atomic E-state index is 12.2. The van der Waals surface area contributed by atoms with Crippen LogP contribution < -0.4 is 11.1 Å². The number of anilines is 2. The lowest BCUT2D eigenvalue weighted by Gasteiger charge is -2.12. The van der Waals surface area contributed by atoms with Gasteiger partial charge in [0.1, 0.15) is 5.75 Å². The lowest BCUT2D eigenvalue weighted by molar-refractivity contribution is 0.102. The second-order valence-corrected chi connectivity index (χ2v) is 4.49. The number of hydrogen-bond acceptors (Lipinski definition) is 3. The molecule has 4 nitrogen and oxygen atoms in total. The normalized spacial score (nSPS) is 10.2. The fourth-order valence-corrected chi connectivity index (χ4v) is 1.94. The van der Waals surface area contributed by atoms with Crippen molar-refractivity contribution in [2.75, 3.05) is 11.1 Å². The molecule has 0 aliphatic carbocycles. The molecule has 2 aromatic carbocycles. The van der Waals surface area contributed by atoms with E-state index in [0.717, 1.165) is 5.56 Å². The van der Waals surface area contributed by atoms with E-state index in [-0.39, 0.29) is 11.7 Å². The molecule has 0 aromatic heterocycles. The Hall–Kier alpha value is -2.49. The molecule has 0 aliphatic rings. The zero-order chi connectivity index (χ0) is 14.0. The predicted octanol–water partition coefficient (Wildman–Crippen LogP) is 2.84. The van der Waals surface area contributed by atoms with Crippen LogP contribution in [-0.2, 0) is 0 Å². The highest BCUT2D eigenvalue weighted by atomic mass is 16.3. The smallest absolute Gasteiger partial charge is 0.255 e. The van der Waals surface area contributed by atoms with Gasteiger partial charge in [0.15, 0.2) is 0 Å². The molecule has 0 radical (unpaired) electrons. The summed E-state index contributed by atoms with van der Waals surface area (Å²) in [5, 5.41) is 12.2. The molecule has 2 aromatic rings. The van der Waals surface area contributed by atoms with Gasteiger partial charge in [-0.2, -0.15) is 0 Å². The van der Waals surface area contributed by atoms with E-state index in [1.807, 2.05) is 19.1 Å². The van der Waals surface area contributed by atoms with Gasteiger partial charge in [-0.1, -0.05) is 12.1 Å². The maximum atomic E-state index is 12.2. The lowest BCUT2D eigenvalue weighted by atomic mass is 10.1. The molecule has 2 rings (SSSR count). The van der Waals surface area contributed by atoms with Crippen LogP contribution in [0.3, 0.4) is 0 Å². The van der Waals surface area contributed by atoms with Crippen LogP contribution in [0.1, 0.15) is 21.5 Å². The van der Waals surface area contributed by atoms with Gasteiger partial charge in [-0.15, -0.1) is 0 Å². The molecular weight excluding hydrogens is 240 g/mol. The Kier molecular flexibility index (Phi) is 3.42. The van der Waals surface area contributed by atoms with E-state index in [0.29, 0.717) is 22.5 Å². The number of aryl methyl sites for hydroxylation is 2. The second-order valence-electron chi connectivity index (χ2n) is 4.49. The van der Waals surface area contributed by atoms with Crippen LogP contribution in [0.2, 0.25) is 0 Å². The Morgan fingerprint density at radius 3 is 2.53 bits per heavy atom. The number of benzene rings is 2. The summed E-state index contributed by atoms with van der Waals surface area (Å²) in [7, 11) is 0. The van der Waals surface area contributed by atoms with Crippen molar-refractivity contribution in [2.24, 2.45) is 0 Å². The molecule has 0 bridgehead atoms. The van der Waals surface area contributed by atoms with Gasteiger partial charge in [-0.05, 0) is 49.2 Å². The van der Waals surface area contributed by atoms with E-state index < -0.39 is 0 Å². The van der Waals surface area contributed by atoms with Gasteiger partial charge in [-0.3, -0.25) is 4.79 Å².